The van der Waals surface area contributed by atoms with Gasteiger partial charge in [-0.1, -0.05) is 51.1 Å². The molecule has 0 fully saturated rings. The third kappa shape index (κ3) is 3.07. The van der Waals surface area contributed by atoms with Gasteiger partial charge in [-0.2, -0.15) is 0 Å². The Bertz CT molecular complexity index is 275. The van der Waals surface area contributed by atoms with Crippen molar-refractivity contribution >= 4 is 0 Å². The van der Waals surface area contributed by atoms with Gasteiger partial charge < -0.3 is 5.73 Å². The Morgan fingerprint density at radius 3 is 2.13 bits per heavy atom. The molecular weight excluding hydrogens is 182 g/mol. The maximum atomic E-state index is 6.39. The first-order valence-corrected chi connectivity index (χ1v) is 5.95. The van der Waals surface area contributed by atoms with Gasteiger partial charge in [0.1, 0.15) is 0 Å². The normalized spacial score (nSPS) is 13.9. The zero-order valence-electron chi connectivity index (χ0n) is 10.2. The average Bonchev–Trinajstić information content (AvgIpc) is 2.29. The van der Waals surface area contributed by atoms with Crippen molar-refractivity contribution in [1.29, 1.82) is 0 Å². The van der Waals surface area contributed by atoms with E-state index in [0.29, 0.717) is 5.92 Å². The molecule has 0 radical (unpaired) electrons. The third-order valence-corrected chi connectivity index (χ3v) is 3.68. The van der Waals surface area contributed by atoms with E-state index < -0.39 is 0 Å². The maximum Gasteiger partial charge on any atom is 0.0178 e. The fourth-order valence-corrected chi connectivity index (χ4v) is 2.12. The van der Waals surface area contributed by atoms with Crippen molar-refractivity contribution in [2.24, 2.45) is 11.7 Å². The van der Waals surface area contributed by atoms with Gasteiger partial charge in [0.25, 0.3) is 0 Å². The van der Waals surface area contributed by atoms with Gasteiger partial charge in [-0.3, -0.25) is 0 Å². The maximum absolute atomic E-state index is 6.39. The number of rotatable bonds is 5. The van der Waals surface area contributed by atoms with Gasteiger partial charge in [0.05, 0.1) is 0 Å². The van der Waals surface area contributed by atoms with Crippen molar-refractivity contribution < 1.29 is 0 Å². The van der Waals surface area contributed by atoms with Crippen LogP contribution in [-0.2, 0) is 6.42 Å². The molecule has 0 spiro atoms. The molecular formula is C14H23N. The molecule has 1 aromatic carbocycles. The first kappa shape index (κ1) is 12.3. The highest BCUT2D eigenvalue weighted by molar-refractivity contribution is 5.16. The summed E-state index contributed by atoms with van der Waals surface area (Å²) < 4.78 is 0. The van der Waals surface area contributed by atoms with Crippen LogP contribution in [0.4, 0.5) is 0 Å². The Balaban J connectivity index is 2.66. The number of hydrogen-bond acceptors (Lipinski definition) is 1. The van der Waals surface area contributed by atoms with Gasteiger partial charge in [-0.25, -0.2) is 0 Å². The van der Waals surface area contributed by atoms with Crippen LogP contribution in [0.3, 0.4) is 0 Å². The minimum atomic E-state index is -0.00413. The molecule has 0 saturated heterocycles. The predicted octanol–water partition coefficient (Wildman–Crippen LogP) is 3.38. The molecule has 1 heteroatoms. The predicted molar refractivity (Wildman–Crippen MR) is 66.8 cm³/mol. The van der Waals surface area contributed by atoms with Crippen LogP contribution in [0, 0.1) is 5.92 Å². The summed E-state index contributed by atoms with van der Waals surface area (Å²) in [5, 5.41) is 0. The molecule has 0 aliphatic rings. The summed E-state index contributed by atoms with van der Waals surface area (Å²) in [6, 6.07) is 10.6. The molecule has 1 aromatic rings. The fourth-order valence-electron chi connectivity index (χ4n) is 2.12. The van der Waals surface area contributed by atoms with Crippen molar-refractivity contribution in [3.63, 3.8) is 0 Å². The van der Waals surface area contributed by atoms with Crippen LogP contribution in [0.25, 0.3) is 0 Å². The molecule has 1 nitrogen and oxygen atoms in total. The van der Waals surface area contributed by atoms with Crippen molar-refractivity contribution in [1.82, 2.24) is 0 Å². The lowest BCUT2D eigenvalue weighted by Crippen LogP contribution is -2.45. The second-order valence-electron chi connectivity index (χ2n) is 4.53. The standard InChI is InChI=1S/C14H23N/c1-4-14(15,5-2)12(3)11-13-9-7-6-8-10-13/h6-10,12H,4-5,11,15H2,1-3H3. The minimum absolute atomic E-state index is 0.00413. The highest BCUT2D eigenvalue weighted by atomic mass is 14.7. The van der Waals surface area contributed by atoms with Crippen LogP contribution >= 0.6 is 0 Å². The quantitative estimate of drug-likeness (QED) is 0.783. The van der Waals surface area contributed by atoms with Crippen LogP contribution in [0.15, 0.2) is 30.3 Å². The molecule has 0 heterocycles. The summed E-state index contributed by atoms with van der Waals surface area (Å²) in [5.41, 5.74) is 7.77. The molecule has 0 aliphatic heterocycles. The molecule has 1 rings (SSSR count). The SMILES string of the molecule is CCC(N)(CC)C(C)Cc1ccccc1. The van der Waals surface area contributed by atoms with E-state index >= 15 is 0 Å². The summed E-state index contributed by atoms with van der Waals surface area (Å²) in [6.07, 6.45) is 3.19. The molecule has 84 valence electrons. The third-order valence-electron chi connectivity index (χ3n) is 3.68. The van der Waals surface area contributed by atoms with Crippen molar-refractivity contribution in [3.8, 4) is 0 Å². The molecule has 0 saturated carbocycles. The smallest absolute Gasteiger partial charge is 0.0178 e. The van der Waals surface area contributed by atoms with Crippen LogP contribution in [0.5, 0.6) is 0 Å². The van der Waals surface area contributed by atoms with Crippen molar-refractivity contribution in [2.75, 3.05) is 0 Å². The van der Waals surface area contributed by atoms with Crippen LogP contribution in [0.1, 0.15) is 39.2 Å². The lowest BCUT2D eigenvalue weighted by molar-refractivity contribution is 0.268. The number of hydrogen-bond donors (Lipinski definition) is 1. The first-order valence-electron chi connectivity index (χ1n) is 5.95. The fraction of sp³-hybridized carbons (Fsp3) is 0.571. The Kier molecular flexibility index (Phi) is 4.34. The zero-order valence-corrected chi connectivity index (χ0v) is 10.2. The van der Waals surface area contributed by atoms with Gasteiger partial charge in [0.15, 0.2) is 0 Å². The minimum Gasteiger partial charge on any atom is -0.325 e. The highest BCUT2D eigenvalue weighted by Crippen LogP contribution is 2.25. The molecule has 1 atom stereocenters. The first-order chi connectivity index (χ1) is 7.12. The van der Waals surface area contributed by atoms with E-state index in [9.17, 15) is 0 Å². The van der Waals surface area contributed by atoms with Gasteiger partial charge in [-0.05, 0) is 30.7 Å². The number of benzene rings is 1. The summed E-state index contributed by atoms with van der Waals surface area (Å²) in [5.74, 6) is 0.537. The van der Waals surface area contributed by atoms with E-state index in [4.69, 9.17) is 5.73 Å². The Morgan fingerprint density at radius 2 is 1.67 bits per heavy atom. The van der Waals surface area contributed by atoms with E-state index in [2.05, 4.69) is 51.1 Å². The van der Waals surface area contributed by atoms with E-state index in [1.807, 2.05) is 0 Å². The molecule has 0 bridgehead atoms. The van der Waals surface area contributed by atoms with Crippen molar-refractivity contribution in [2.45, 2.75) is 45.6 Å². The second-order valence-corrected chi connectivity index (χ2v) is 4.53. The van der Waals surface area contributed by atoms with E-state index in [1.165, 1.54) is 5.56 Å². The highest BCUT2D eigenvalue weighted by Gasteiger charge is 2.27. The summed E-state index contributed by atoms with van der Waals surface area (Å²) >= 11 is 0. The van der Waals surface area contributed by atoms with Gasteiger partial charge in [0.2, 0.25) is 0 Å². The molecule has 1 unspecified atom stereocenters. The van der Waals surface area contributed by atoms with E-state index in [-0.39, 0.29) is 5.54 Å². The van der Waals surface area contributed by atoms with Gasteiger partial charge in [0, 0.05) is 5.54 Å². The Morgan fingerprint density at radius 1 is 1.13 bits per heavy atom. The lowest BCUT2D eigenvalue weighted by atomic mass is 9.78. The summed E-state index contributed by atoms with van der Waals surface area (Å²) in [6.45, 7) is 6.63. The Labute approximate surface area is 93.7 Å². The zero-order chi connectivity index (χ0) is 11.3. The van der Waals surface area contributed by atoms with Crippen LogP contribution in [-0.4, -0.2) is 5.54 Å². The summed E-state index contributed by atoms with van der Waals surface area (Å²) in [7, 11) is 0. The van der Waals surface area contributed by atoms with Gasteiger partial charge in [-0.15, -0.1) is 0 Å². The van der Waals surface area contributed by atoms with Crippen LogP contribution in [0.2, 0.25) is 0 Å². The topological polar surface area (TPSA) is 26.0 Å². The summed E-state index contributed by atoms with van der Waals surface area (Å²) in [4.78, 5) is 0. The van der Waals surface area contributed by atoms with Crippen molar-refractivity contribution in [3.05, 3.63) is 35.9 Å². The molecule has 2 N–H and O–H groups in total. The largest absolute Gasteiger partial charge is 0.325 e. The monoisotopic (exact) mass is 205 g/mol. The second kappa shape index (κ2) is 5.32. The average molecular weight is 205 g/mol. The van der Waals surface area contributed by atoms with Crippen LogP contribution < -0.4 is 5.73 Å². The molecule has 0 amide bonds. The lowest BCUT2D eigenvalue weighted by Gasteiger charge is -2.34. The van der Waals surface area contributed by atoms with Gasteiger partial charge >= 0.3 is 0 Å². The van der Waals surface area contributed by atoms with E-state index in [0.717, 1.165) is 19.3 Å². The van der Waals surface area contributed by atoms with E-state index in [1.54, 1.807) is 0 Å². The molecule has 0 aliphatic carbocycles. The molecule has 15 heavy (non-hydrogen) atoms. The number of nitrogens with two attached hydrogens (primary N) is 1. The molecule has 0 aromatic heterocycles. The Hall–Kier alpha value is -0.820.